The zero-order chi connectivity index (χ0) is 22.7. The Morgan fingerprint density at radius 1 is 0.516 bits per heavy atom. The standard InChI is InChI=1S/C29H56O2/c1-3-5-7-9-10-11-12-13-14-15-16-17-18-19-20-21-22-23-25-27-29(30)31-28-26-24-8-6-4-2/h13-14H,3-12,15-28H2,1-2H3/b14-13-. The van der Waals surface area contributed by atoms with Crippen molar-refractivity contribution in [2.75, 3.05) is 6.61 Å². The summed E-state index contributed by atoms with van der Waals surface area (Å²) in [6.07, 6.45) is 34.0. The van der Waals surface area contributed by atoms with E-state index in [0.717, 1.165) is 12.8 Å². The van der Waals surface area contributed by atoms with E-state index >= 15 is 0 Å². The van der Waals surface area contributed by atoms with Gasteiger partial charge in [0.25, 0.3) is 0 Å². The lowest BCUT2D eigenvalue weighted by Crippen LogP contribution is -2.05. The van der Waals surface area contributed by atoms with Crippen molar-refractivity contribution in [1.82, 2.24) is 0 Å². The van der Waals surface area contributed by atoms with Crippen molar-refractivity contribution in [1.29, 1.82) is 0 Å². The molecule has 0 saturated heterocycles. The lowest BCUT2D eigenvalue weighted by molar-refractivity contribution is -0.143. The zero-order valence-electron chi connectivity index (χ0n) is 21.4. The highest BCUT2D eigenvalue weighted by atomic mass is 16.5. The van der Waals surface area contributed by atoms with Gasteiger partial charge in [-0.25, -0.2) is 0 Å². The number of hydrogen-bond donors (Lipinski definition) is 0. The van der Waals surface area contributed by atoms with Gasteiger partial charge in [-0.2, -0.15) is 0 Å². The van der Waals surface area contributed by atoms with E-state index in [-0.39, 0.29) is 5.97 Å². The lowest BCUT2D eigenvalue weighted by atomic mass is 10.1. The van der Waals surface area contributed by atoms with Gasteiger partial charge in [-0.3, -0.25) is 4.79 Å². The molecule has 0 rings (SSSR count). The minimum Gasteiger partial charge on any atom is -0.466 e. The Bertz CT molecular complexity index is 375. The van der Waals surface area contributed by atoms with Gasteiger partial charge in [0.2, 0.25) is 0 Å². The molecule has 0 atom stereocenters. The van der Waals surface area contributed by atoms with Crippen molar-refractivity contribution < 1.29 is 9.53 Å². The number of esters is 1. The largest absolute Gasteiger partial charge is 0.466 e. The average Bonchev–Trinajstić information content (AvgIpc) is 2.77. The van der Waals surface area contributed by atoms with Gasteiger partial charge in [0.1, 0.15) is 0 Å². The van der Waals surface area contributed by atoms with Gasteiger partial charge in [-0.15, -0.1) is 0 Å². The van der Waals surface area contributed by atoms with Crippen LogP contribution in [-0.4, -0.2) is 12.6 Å². The molecular weight excluding hydrogens is 380 g/mol. The first-order valence-corrected chi connectivity index (χ1v) is 14.1. The topological polar surface area (TPSA) is 26.3 Å². The lowest BCUT2D eigenvalue weighted by Gasteiger charge is -2.05. The van der Waals surface area contributed by atoms with Crippen LogP contribution in [0.25, 0.3) is 0 Å². The quantitative estimate of drug-likeness (QED) is 0.0808. The summed E-state index contributed by atoms with van der Waals surface area (Å²) < 4.78 is 5.32. The Kier molecular flexibility index (Phi) is 26.5. The second-order valence-electron chi connectivity index (χ2n) is 9.38. The molecular formula is C29H56O2. The van der Waals surface area contributed by atoms with Crippen molar-refractivity contribution >= 4 is 5.97 Å². The molecule has 0 aromatic carbocycles. The van der Waals surface area contributed by atoms with Crippen molar-refractivity contribution in [3.63, 3.8) is 0 Å². The molecule has 184 valence electrons. The predicted octanol–water partition coefficient (Wildman–Crippen LogP) is 10.1. The fourth-order valence-corrected chi connectivity index (χ4v) is 4.01. The summed E-state index contributed by atoms with van der Waals surface area (Å²) >= 11 is 0. The number of ether oxygens (including phenoxy) is 1. The van der Waals surface area contributed by atoms with E-state index in [1.807, 2.05) is 0 Å². The number of unbranched alkanes of at least 4 members (excludes halogenated alkanes) is 19. The SMILES string of the molecule is CCCCCCCC/C=C\CCCCCCCCCCCC(=O)OCCCCCCC. The van der Waals surface area contributed by atoms with Gasteiger partial charge >= 0.3 is 5.97 Å². The molecule has 0 aliphatic heterocycles. The van der Waals surface area contributed by atoms with E-state index in [0.29, 0.717) is 13.0 Å². The molecule has 0 spiro atoms. The molecule has 0 fully saturated rings. The summed E-state index contributed by atoms with van der Waals surface area (Å²) in [5.74, 6) is 0.0107. The summed E-state index contributed by atoms with van der Waals surface area (Å²) in [5.41, 5.74) is 0. The Morgan fingerprint density at radius 3 is 1.39 bits per heavy atom. The minimum absolute atomic E-state index is 0.0107. The van der Waals surface area contributed by atoms with E-state index in [9.17, 15) is 4.79 Å². The third-order valence-corrected chi connectivity index (χ3v) is 6.15. The summed E-state index contributed by atoms with van der Waals surface area (Å²) in [6, 6.07) is 0. The third kappa shape index (κ3) is 27.2. The molecule has 2 nitrogen and oxygen atoms in total. The van der Waals surface area contributed by atoms with Gasteiger partial charge in [0, 0.05) is 6.42 Å². The molecule has 0 unspecified atom stereocenters. The highest BCUT2D eigenvalue weighted by Crippen LogP contribution is 2.12. The first-order valence-electron chi connectivity index (χ1n) is 14.1. The van der Waals surface area contributed by atoms with Gasteiger partial charge < -0.3 is 4.74 Å². The van der Waals surface area contributed by atoms with Crippen LogP contribution in [0.4, 0.5) is 0 Å². The first kappa shape index (κ1) is 30.2. The maximum absolute atomic E-state index is 11.7. The molecule has 0 amide bonds. The maximum Gasteiger partial charge on any atom is 0.305 e. The Balaban J connectivity index is 3.16. The number of carbonyl (C=O) groups excluding carboxylic acids is 1. The summed E-state index contributed by atoms with van der Waals surface area (Å²) in [5, 5.41) is 0. The smallest absolute Gasteiger partial charge is 0.305 e. The van der Waals surface area contributed by atoms with Gasteiger partial charge in [-0.1, -0.05) is 129 Å². The van der Waals surface area contributed by atoms with Gasteiger partial charge in [0.15, 0.2) is 0 Å². The average molecular weight is 437 g/mol. The fraction of sp³-hybridized carbons (Fsp3) is 0.897. The Hall–Kier alpha value is -0.790. The summed E-state index contributed by atoms with van der Waals surface area (Å²) in [6.45, 7) is 5.12. The highest BCUT2D eigenvalue weighted by Gasteiger charge is 2.02. The summed E-state index contributed by atoms with van der Waals surface area (Å²) in [7, 11) is 0. The second kappa shape index (κ2) is 27.2. The maximum atomic E-state index is 11.7. The van der Waals surface area contributed by atoms with Crippen LogP contribution in [0.5, 0.6) is 0 Å². The van der Waals surface area contributed by atoms with E-state index in [1.165, 1.54) is 128 Å². The zero-order valence-corrected chi connectivity index (χ0v) is 21.4. The molecule has 0 N–H and O–H groups in total. The van der Waals surface area contributed by atoms with E-state index < -0.39 is 0 Å². The van der Waals surface area contributed by atoms with E-state index in [1.54, 1.807) is 0 Å². The van der Waals surface area contributed by atoms with Crippen LogP contribution in [0.2, 0.25) is 0 Å². The van der Waals surface area contributed by atoms with Crippen LogP contribution in [0.1, 0.15) is 162 Å². The number of carbonyl (C=O) groups is 1. The van der Waals surface area contributed by atoms with Gasteiger partial charge in [0.05, 0.1) is 6.61 Å². The Labute approximate surface area is 196 Å². The monoisotopic (exact) mass is 436 g/mol. The molecule has 31 heavy (non-hydrogen) atoms. The molecule has 2 heteroatoms. The van der Waals surface area contributed by atoms with Crippen LogP contribution in [0.15, 0.2) is 12.2 Å². The molecule has 0 radical (unpaired) electrons. The van der Waals surface area contributed by atoms with Crippen LogP contribution >= 0.6 is 0 Å². The van der Waals surface area contributed by atoms with Gasteiger partial charge in [-0.05, 0) is 38.5 Å². The Morgan fingerprint density at radius 2 is 0.903 bits per heavy atom. The number of hydrogen-bond acceptors (Lipinski definition) is 2. The number of allylic oxidation sites excluding steroid dienone is 2. The molecule has 0 bridgehead atoms. The molecule has 0 aromatic rings. The molecule has 0 aliphatic carbocycles. The predicted molar refractivity (Wildman–Crippen MR) is 138 cm³/mol. The second-order valence-corrected chi connectivity index (χ2v) is 9.38. The van der Waals surface area contributed by atoms with E-state index in [4.69, 9.17) is 4.74 Å². The fourth-order valence-electron chi connectivity index (χ4n) is 4.01. The molecule has 0 aliphatic rings. The van der Waals surface area contributed by atoms with Crippen molar-refractivity contribution in [3.05, 3.63) is 12.2 Å². The van der Waals surface area contributed by atoms with Crippen LogP contribution in [0.3, 0.4) is 0 Å². The summed E-state index contributed by atoms with van der Waals surface area (Å²) in [4.78, 5) is 11.7. The first-order chi connectivity index (χ1) is 15.3. The molecule has 0 aromatic heterocycles. The molecule has 0 saturated carbocycles. The molecule has 0 heterocycles. The van der Waals surface area contributed by atoms with Crippen molar-refractivity contribution in [2.24, 2.45) is 0 Å². The van der Waals surface area contributed by atoms with Crippen LogP contribution in [0, 0.1) is 0 Å². The van der Waals surface area contributed by atoms with Crippen molar-refractivity contribution in [3.8, 4) is 0 Å². The minimum atomic E-state index is 0.0107. The van der Waals surface area contributed by atoms with Crippen molar-refractivity contribution in [2.45, 2.75) is 162 Å². The number of rotatable bonds is 25. The normalized spacial score (nSPS) is 11.4. The van der Waals surface area contributed by atoms with Crippen LogP contribution in [-0.2, 0) is 9.53 Å². The highest BCUT2D eigenvalue weighted by molar-refractivity contribution is 5.69. The third-order valence-electron chi connectivity index (χ3n) is 6.15. The van der Waals surface area contributed by atoms with E-state index in [2.05, 4.69) is 26.0 Å². The van der Waals surface area contributed by atoms with Crippen LogP contribution < -0.4 is 0 Å².